The molecule has 1 aliphatic heterocycles. The number of nitrogens with one attached hydrogen (secondary N) is 2. The molecule has 0 aromatic heterocycles. The van der Waals surface area contributed by atoms with Gasteiger partial charge in [0.05, 0.1) is 17.7 Å². The van der Waals surface area contributed by atoms with Crippen molar-refractivity contribution in [2.45, 2.75) is 33.2 Å². The summed E-state index contributed by atoms with van der Waals surface area (Å²) in [6, 6.07) is 4.42. The van der Waals surface area contributed by atoms with E-state index in [1.54, 1.807) is 27.7 Å². The summed E-state index contributed by atoms with van der Waals surface area (Å²) in [6.07, 6.45) is -0.550. The minimum absolute atomic E-state index is 0.204. The highest BCUT2D eigenvalue weighted by Crippen LogP contribution is 2.29. The molecule has 8 nitrogen and oxygen atoms in total. The Bertz CT molecular complexity index is 752. The van der Waals surface area contributed by atoms with Crippen molar-refractivity contribution < 1.29 is 23.9 Å². The Morgan fingerprint density at radius 1 is 1.04 bits per heavy atom. The van der Waals surface area contributed by atoms with Gasteiger partial charge in [-0.15, -0.1) is 0 Å². The lowest BCUT2D eigenvalue weighted by Crippen LogP contribution is -2.45. The lowest BCUT2D eigenvalue weighted by Gasteiger charge is -2.29. The fraction of sp³-hybridized carbons (Fsp3) is 0.444. The van der Waals surface area contributed by atoms with Crippen molar-refractivity contribution in [3.63, 3.8) is 0 Å². The zero-order valence-electron chi connectivity index (χ0n) is 15.3. The summed E-state index contributed by atoms with van der Waals surface area (Å²) in [5.41, 5.74) is 0.151. The number of nitrogens with zero attached hydrogens (tertiary/aromatic N) is 1. The number of carbonyl (C=O) groups is 4. The number of imide groups is 1. The van der Waals surface area contributed by atoms with Crippen LogP contribution in [0.4, 0.5) is 4.79 Å². The third kappa shape index (κ3) is 4.01. The Hall–Kier alpha value is -2.90. The molecular formula is C18H23N3O5. The van der Waals surface area contributed by atoms with E-state index >= 15 is 0 Å². The van der Waals surface area contributed by atoms with E-state index in [-0.39, 0.29) is 36.7 Å². The summed E-state index contributed by atoms with van der Waals surface area (Å²) >= 11 is 0. The molecule has 1 aromatic rings. The van der Waals surface area contributed by atoms with Gasteiger partial charge in [0, 0.05) is 24.2 Å². The van der Waals surface area contributed by atoms with Crippen LogP contribution in [0.25, 0.3) is 0 Å². The van der Waals surface area contributed by atoms with Crippen LogP contribution in [0.3, 0.4) is 0 Å². The van der Waals surface area contributed by atoms with Gasteiger partial charge in [0.1, 0.15) is 0 Å². The van der Waals surface area contributed by atoms with Crippen molar-refractivity contribution in [1.29, 1.82) is 0 Å². The third-order valence-electron chi connectivity index (χ3n) is 3.77. The minimum Gasteiger partial charge on any atom is -0.450 e. The van der Waals surface area contributed by atoms with Gasteiger partial charge in [-0.1, -0.05) is 0 Å². The molecule has 2 N–H and O–H groups in total. The summed E-state index contributed by atoms with van der Waals surface area (Å²) in [7, 11) is 0. The summed E-state index contributed by atoms with van der Waals surface area (Å²) < 4.78 is 4.71. The van der Waals surface area contributed by atoms with E-state index in [4.69, 9.17) is 4.74 Å². The molecule has 140 valence electrons. The van der Waals surface area contributed by atoms with Crippen LogP contribution in [0.5, 0.6) is 0 Å². The first-order valence-corrected chi connectivity index (χ1v) is 8.38. The van der Waals surface area contributed by atoms with Gasteiger partial charge in [-0.05, 0) is 45.9 Å². The first-order valence-electron chi connectivity index (χ1n) is 8.38. The molecule has 0 unspecified atom stereocenters. The van der Waals surface area contributed by atoms with Gasteiger partial charge in [-0.2, -0.15) is 0 Å². The molecule has 0 fully saturated rings. The van der Waals surface area contributed by atoms with Crippen LogP contribution >= 0.6 is 0 Å². The fourth-order valence-electron chi connectivity index (χ4n) is 2.62. The maximum absolute atomic E-state index is 12.5. The van der Waals surface area contributed by atoms with Crippen LogP contribution in [0.1, 0.15) is 58.8 Å². The van der Waals surface area contributed by atoms with Gasteiger partial charge < -0.3 is 15.4 Å². The highest BCUT2D eigenvalue weighted by molar-refractivity contribution is 6.22. The van der Waals surface area contributed by atoms with Crippen molar-refractivity contribution in [3.8, 4) is 0 Å². The number of benzene rings is 1. The largest absolute Gasteiger partial charge is 0.450 e. The zero-order chi connectivity index (χ0) is 19.5. The highest BCUT2D eigenvalue weighted by Gasteiger charge is 2.42. The van der Waals surface area contributed by atoms with E-state index in [1.807, 2.05) is 0 Å². The smallest absolute Gasteiger partial charge is 0.407 e. The molecule has 0 aliphatic carbocycles. The molecule has 1 aliphatic rings. The zero-order valence-corrected chi connectivity index (χ0v) is 15.3. The van der Waals surface area contributed by atoms with Crippen molar-refractivity contribution in [2.24, 2.45) is 0 Å². The van der Waals surface area contributed by atoms with Crippen LogP contribution in [-0.4, -0.2) is 54.0 Å². The monoisotopic (exact) mass is 361 g/mol. The first kappa shape index (κ1) is 19.4. The van der Waals surface area contributed by atoms with E-state index in [0.717, 1.165) is 0 Å². The third-order valence-corrected chi connectivity index (χ3v) is 3.77. The number of amides is 4. The predicted octanol–water partition coefficient (Wildman–Crippen LogP) is 1.56. The van der Waals surface area contributed by atoms with E-state index < -0.39 is 23.4 Å². The molecule has 0 spiro atoms. The Kier molecular flexibility index (Phi) is 5.64. The van der Waals surface area contributed by atoms with Gasteiger partial charge in [0.25, 0.3) is 17.7 Å². The van der Waals surface area contributed by atoms with Crippen LogP contribution in [0, 0.1) is 0 Å². The molecule has 8 heteroatoms. The summed E-state index contributed by atoms with van der Waals surface area (Å²) in [6.45, 7) is 7.71. The topological polar surface area (TPSA) is 105 Å². The lowest BCUT2D eigenvalue weighted by atomic mass is 10.1. The van der Waals surface area contributed by atoms with Gasteiger partial charge in [-0.3, -0.25) is 19.3 Å². The molecule has 4 amide bonds. The predicted molar refractivity (Wildman–Crippen MR) is 94.1 cm³/mol. The second kappa shape index (κ2) is 7.55. The van der Waals surface area contributed by atoms with Crippen LogP contribution in [0.2, 0.25) is 0 Å². The maximum Gasteiger partial charge on any atom is 0.407 e. The highest BCUT2D eigenvalue weighted by atomic mass is 16.5. The van der Waals surface area contributed by atoms with Crippen molar-refractivity contribution in [3.05, 3.63) is 34.9 Å². The van der Waals surface area contributed by atoms with Crippen molar-refractivity contribution in [2.75, 3.05) is 19.7 Å². The van der Waals surface area contributed by atoms with Gasteiger partial charge in [0.2, 0.25) is 0 Å². The van der Waals surface area contributed by atoms with E-state index in [1.165, 1.54) is 23.1 Å². The second-order valence-electron chi connectivity index (χ2n) is 6.78. The van der Waals surface area contributed by atoms with E-state index in [9.17, 15) is 19.2 Å². The molecular weight excluding hydrogens is 338 g/mol. The number of hydrogen-bond acceptors (Lipinski definition) is 5. The quantitative estimate of drug-likeness (QED) is 0.612. The Morgan fingerprint density at radius 3 is 2.27 bits per heavy atom. The minimum atomic E-state index is -0.644. The molecule has 0 atom stereocenters. The average Bonchev–Trinajstić information content (AvgIpc) is 2.82. The second-order valence-corrected chi connectivity index (χ2v) is 6.78. The van der Waals surface area contributed by atoms with Gasteiger partial charge in [-0.25, -0.2) is 4.79 Å². The molecule has 0 saturated carbocycles. The molecule has 0 saturated heterocycles. The summed E-state index contributed by atoms with van der Waals surface area (Å²) in [5, 5.41) is 5.12. The lowest BCUT2D eigenvalue weighted by molar-refractivity contribution is 0.0507. The number of hydrogen-bond donors (Lipinski definition) is 2. The van der Waals surface area contributed by atoms with E-state index in [0.29, 0.717) is 5.56 Å². The van der Waals surface area contributed by atoms with Crippen LogP contribution < -0.4 is 10.6 Å². The maximum atomic E-state index is 12.5. The molecule has 2 rings (SSSR count). The fourth-order valence-corrected chi connectivity index (χ4v) is 2.62. The summed E-state index contributed by atoms with van der Waals surface area (Å²) in [4.78, 5) is 49.5. The Morgan fingerprint density at radius 2 is 1.65 bits per heavy atom. The Labute approximate surface area is 151 Å². The number of rotatable bonds is 5. The number of carbonyl (C=O) groups excluding carboxylic acids is 4. The SMILES string of the molecule is CCOC(=O)NCCNC(=O)c1ccc2c(c1)C(=O)N(C(C)(C)C)C2=O. The number of alkyl carbamates (subject to hydrolysis) is 1. The first-order chi connectivity index (χ1) is 12.2. The molecule has 0 bridgehead atoms. The molecule has 0 radical (unpaired) electrons. The van der Waals surface area contributed by atoms with Crippen molar-refractivity contribution in [1.82, 2.24) is 15.5 Å². The molecule has 1 heterocycles. The van der Waals surface area contributed by atoms with E-state index in [2.05, 4.69) is 10.6 Å². The van der Waals surface area contributed by atoms with Gasteiger partial charge in [0.15, 0.2) is 0 Å². The number of fused-ring (bicyclic) bond motifs is 1. The number of ether oxygens (including phenoxy) is 1. The normalized spacial score (nSPS) is 13.5. The van der Waals surface area contributed by atoms with Crippen molar-refractivity contribution >= 4 is 23.8 Å². The Balaban J connectivity index is 2.03. The van der Waals surface area contributed by atoms with Crippen LogP contribution in [0.15, 0.2) is 18.2 Å². The van der Waals surface area contributed by atoms with Crippen LogP contribution in [-0.2, 0) is 4.74 Å². The molecule has 26 heavy (non-hydrogen) atoms. The molecule has 1 aromatic carbocycles. The van der Waals surface area contributed by atoms with Gasteiger partial charge >= 0.3 is 6.09 Å². The standard InChI is InChI=1S/C18H23N3O5/c1-5-26-17(25)20-9-8-19-14(22)11-6-7-12-13(10-11)16(24)21(15(12)23)18(2,3)4/h6-7,10H,5,8-9H2,1-4H3,(H,19,22)(H,20,25). The summed E-state index contributed by atoms with van der Waals surface area (Å²) in [5.74, 6) is -1.16. The average molecular weight is 361 g/mol.